The lowest BCUT2D eigenvalue weighted by atomic mass is 9.85. The van der Waals surface area contributed by atoms with E-state index >= 15 is 0 Å². The Kier molecular flexibility index (Phi) is 6.27. The Bertz CT molecular complexity index is 837. The van der Waals surface area contributed by atoms with Gasteiger partial charge in [0.1, 0.15) is 0 Å². The minimum Gasteiger partial charge on any atom is -0.466 e. The van der Waals surface area contributed by atoms with Crippen molar-refractivity contribution in [2.75, 3.05) is 19.5 Å². The monoisotopic (exact) mass is 377 g/mol. The van der Waals surface area contributed by atoms with Gasteiger partial charge in [-0.15, -0.1) is 0 Å². The van der Waals surface area contributed by atoms with Crippen LogP contribution in [0.4, 0.5) is 5.69 Å². The number of rotatable bonds is 6. The van der Waals surface area contributed by atoms with Crippen molar-refractivity contribution >= 4 is 17.6 Å². The Hall–Kier alpha value is -3.34. The molecule has 3 rings (SSSR count). The summed E-state index contributed by atoms with van der Waals surface area (Å²) in [6.45, 7) is 0. The van der Waals surface area contributed by atoms with Crippen LogP contribution in [0.1, 0.15) is 18.4 Å². The molecule has 2 aromatic rings. The van der Waals surface area contributed by atoms with Crippen LogP contribution < -0.4 is 5.32 Å². The average molecular weight is 377 g/mol. The van der Waals surface area contributed by atoms with Crippen LogP contribution in [-0.2, 0) is 25.5 Å². The molecule has 0 saturated carbocycles. The molecule has 0 unspecified atom stereocenters. The van der Waals surface area contributed by atoms with E-state index in [1.807, 2.05) is 60.7 Å². The van der Waals surface area contributed by atoms with E-state index in [1.54, 1.807) is 0 Å². The molecular weight excluding hydrogens is 354 g/mol. The van der Waals surface area contributed by atoms with Gasteiger partial charge in [-0.2, -0.15) is 0 Å². The molecule has 0 bridgehead atoms. The second kappa shape index (κ2) is 9.04. The molecule has 28 heavy (non-hydrogen) atoms. The minimum atomic E-state index is -0.395. The number of hydrogen-bond donors (Lipinski definition) is 1. The van der Waals surface area contributed by atoms with E-state index in [0.717, 1.165) is 16.8 Å². The molecule has 0 fully saturated rings. The molecule has 0 heterocycles. The summed E-state index contributed by atoms with van der Waals surface area (Å²) in [6.07, 6.45) is 1.19. The van der Waals surface area contributed by atoms with E-state index < -0.39 is 5.97 Å². The fourth-order valence-electron chi connectivity index (χ4n) is 3.32. The molecule has 144 valence electrons. The van der Waals surface area contributed by atoms with Gasteiger partial charge in [-0.1, -0.05) is 54.1 Å². The van der Waals surface area contributed by atoms with E-state index in [1.165, 1.54) is 14.2 Å². The first-order valence-corrected chi connectivity index (χ1v) is 9.08. The van der Waals surface area contributed by atoms with Crippen LogP contribution in [0.5, 0.6) is 0 Å². The van der Waals surface area contributed by atoms with Crippen LogP contribution in [0.25, 0.3) is 0 Å². The van der Waals surface area contributed by atoms with E-state index in [4.69, 9.17) is 9.47 Å². The highest BCUT2D eigenvalue weighted by molar-refractivity contribution is 5.96. The van der Waals surface area contributed by atoms with Gasteiger partial charge in [-0.05, 0) is 24.1 Å². The number of nitrogens with one attached hydrogen (secondary N) is 1. The van der Waals surface area contributed by atoms with Gasteiger partial charge in [-0.3, -0.25) is 0 Å². The molecule has 1 aliphatic carbocycles. The molecule has 0 atom stereocenters. The lowest BCUT2D eigenvalue weighted by Gasteiger charge is -2.25. The number of allylic oxidation sites excluding steroid dienone is 2. The number of ether oxygens (including phenoxy) is 2. The van der Waals surface area contributed by atoms with Gasteiger partial charge in [0, 0.05) is 29.8 Å². The van der Waals surface area contributed by atoms with Gasteiger partial charge >= 0.3 is 11.9 Å². The maximum atomic E-state index is 12.5. The molecule has 5 heteroatoms. The third-order valence-corrected chi connectivity index (χ3v) is 4.73. The molecule has 5 nitrogen and oxygen atoms in total. The lowest BCUT2D eigenvalue weighted by molar-refractivity contribution is -0.137. The number of methoxy groups -OCH3 is 2. The lowest BCUT2D eigenvalue weighted by Crippen LogP contribution is -2.22. The maximum Gasteiger partial charge on any atom is 0.335 e. The highest BCUT2D eigenvalue weighted by atomic mass is 16.5. The molecular formula is C23H23NO4. The summed E-state index contributed by atoms with van der Waals surface area (Å²) in [6, 6.07) is 19.4. The number of benzene rings is 2. The maximum absolute atomic E-state index is 12.5. The second-order valence-corrected chi connectivity index (χ2v) is 6.53. The van der Waals surface area contributed by atoms with Gasteiger partial charge in [0.25, 0.3) is 0 Å². The second-order valence-electron chi connectivity index (χ2n) is 6.53. The molecule has 0 aliphatic heterocycles. The van der Waals surface area contributed by atoms with Gasteiger partial charge < -0.3 is 14.8 Å². The molecule has 1 N–H and O–H groups in total. The number of para-hydroxylation sites is 1. The standard InChI is InChI=1S/C23H23NO4/c1-27-22(25)19-15-21(24-18-11-7-4-8-12-18)20(23(26)28-2)14-17(19)13-16-9-5-3-6-10-16/h3-12,24H,13-15H2,1-2H3. The Morgan fingerprint density at radius 2 is 1.39 bits per heavy atom. The summed E-state index contributed by atoms with van der Waals surface area (Å²) in [7, 11) is 2.74. The van der Waals surface area contributed by atoms with Crippen molar-refractivity contribution in [3.63, 3.8) is 0 Å². The van der Waals surface area contributed by atoms with Crippen molar-refractivity contribution in [3.8, 4) is 0 Å². The molecule has 0 spiro atoms. The van der Waals surface area contributed by atoms with Gasteiger partial charge in [0.15, 0.2) is 0 Å². The first-order chi connectivity index (χ1) is 13.6. The Morgan fingerprint density at radius 3 is 2.00 bits per heavy atom. The van der Waals surface area contributed by atoms with Crippen molar-refractivity contribution in [2.24, 2.45) is 0 Å². The summed E-state index contributed by atoms with van der Waals surface area (Å²) >= 11 is 0. The SMILES string of the molecule is COC(=O)C1=C(Cc2ccccc2)CC(C(=O)OC)=C(Nc2ccccc2)C1. The third-order valence-electron chi connectivity index (χ3n) is 4.73. The Morgan fingerprint density at radius 1 is 0.821 bits per heavy atom. The summed E-state index contributed by atoms with van der Waals surface area (Å²) in [5, 5.41) is 3.28. The van der Waals surface area contributed by atoms with Crippen LogP contribution in [0.15, 0.2) is 83.1 Å². The van der Waals surface area contributed by atoms with Crippen LogP contribution >= 0.6 is 0 Å². The van der Waals surface area contributed by atoms with E-state index in [2.05, 4.69) is 5.32 Å². The fourth-order valence-corrected chi connectivity index (χ4v) is 3.32. The quantitative estimate of drug-likeness (QED) is 0.770. The summed E-state index contributed by atoms with van der Waals surface area (Å²) in [4.78, 5) is 24.9. The largest absolute Gasteiger partial charge is 0.466 e. The predicted molar refractivity (Wildman–Crippen MR) is 108 cm³/mol. The van der Waals surface area contributed by atoms with E-state index in [0.29, 0.717) is 29.7 Å². The van der Waals surface area contributed by atoms with Crippen LogP contribution in [0.2, 0.25) is 0 Å². The summed E-state index contributed by atoms with van der Waals surface area (Å²) < 4.78 is 10.0. The molecule has 0 aromatic heterocycles. The fraction of sp³-hybridized carbons (Fsp3) is 0.217. The number of carbonyl (C=O) groups is 2. The average Bonchev–Trinajstić information content (AvgIpc) is 2.74. The predicted octanol–water partition coefficient (Wildman–Crippen LogP) is 4.03. The zero-order valence-electron chi connectivity index (χ0n) is 16.0. The highest BCUT2D eigenvalue weighted by Crippen LogP contribution is 2.34. The van der Waals surface area contributed by atoms with E-state index in [9.17, 15) is 9.59 Å². The molecule has 2 aromatic carbocycles. The number of hydrogen-bond acceptors (Lipinski definition) is 5. The van der Waals surface area contributed by atoms with Gasteiger partial charge in [-0.25, -0.2) is 9.59 Å². The van der Waals surface area contributed by atoms with Crippen LogP contribution in [0.3, 0.4) is 0 Å². The number of esters is 2. The molecule has 0 amide bonds. The van der Waals surface area contributed by atoms with Gasteiger partial charge in [0.05, 0.1) is 19.8 Å². The highest BCUT2D eigenvalue weighted by Gasteiger charge is 2.29. The molecule has 0 radical (unpaired) electrons. The number of carbonyl (C=O) groups excluding carboxylic acids is 2. The smallest absolute Gasteiger partial charge is 0.335 e. The summed E-state index contributed by atoms with van der Waals surface area (Å²) in [5.41, 5.74) is 4.56. The zero-order chi connectivity index (χ0) is 19.9. The van der Waals surface area contributed by atoms with Crippen LogP contribution in [0, 0.1) is 0 Å². The topological polar surface area (TPSA) is 64.6 Å². The van der Waals surface area contributed by atoms with Crippen molar-refractivity contribution in [1.82, 2.24) is 0 Å². The normalized spacial score (nSPS) is 13.9. The Balaban J connectivity index is 1.97. The number of anilines is 1. The first kappa shape index (κ1) is 19.4. The molecule has 1 aliphatic rings. The van der Waals surface area contributed by atoms with Crippen LogP contribution in [-0.4, -0.2) is 26.2 Å². The zero-order valence-corrected chi connectivity index (χ0v) is 16.0. The Labute approximate surface area is 164 Å². The van der Waals surface area contributed by atoms with Gasteiger partial charge in [0.2, 0.25) is 0 Å². The summed E-state index contributed by atoms with van der Waals surface area (Å²) in [5.74, 6) is -0.768. The van der Waals surface area contributed by atoms with Crippen molar-refractivity contribution in [3.05, 3.63) is 88.6 Å². The van der Waals surface area contributed by atoms with Crippen molar-refractivity contribution in [2.45, 2.75) is 19.3 Å². The van der Waals surface area contributed by atoms with Crippen molar-refractivity contribution < 1.29 is 19.1 Å². The molecule has 0 saturated heterocycles. The minimum absolute atomic E-state index is 0.286. The van der Waals surface area contributed by atoms with E-state index in [-0.39, 0.29) is 12.4 Å². The first-order valence-electron chi connectivity index (χ1n) is 9.08. The van der Waals surface area contributed by atoms with Crippen molar-refractivity contribution in [1.29, 1.82) is 0 Å². The third kappa shape index (κ3) is 4.49.